The fourth-order valence-electron chi connectivity index (χ4n) is 3.15. The predicted octanol–water partition coefficient (Wildman–Crippen LogP) is 1.98. The number of nitrogens with one attached hydrogen (secondary N) is 1. The van der Waals surface area contributed by atoms with Crippen molar-refractivity contribution in [2.45, 2.75) is 63.9 Å². The molecule has 0 radical (unpaired) electrons. The van der Waals surface area contributed by atoms with Gasteiger partial charge in [0.25, 0.3) is 0 Å². The van der Waals surface area contributed by atoms with Crippen molar-refractivity contribution in [1.82, 2.24) is 14.5 Å². The van der Waals surface area contributed by atoms with Crippen LogP contribution in [0.4, 0.5) is 5.82 Å². The van der Waals surface area contributed by atoms with Crippen LogP contribution in [-0.4, -0.2) is 24.2 Å². The molecule has 1 aliphatic rings. The zero-order chi connectivity index (χ0) is 15.6. The fourth-order valence-corrected chi connectivity index (χ4v) is 4.55. The Bertz CT molecular complexity index is 580. The van der Waals surface area contributed by atoms with Crippen molar-refractivity contribution in [3.8, 4) is 0 Å². The lowest BCUT2D eigenvalue weighted by Gasteiger charge is -2.34. The van der Waals surface area contributed by atoms with E-state index >= 15 is 0 Å². The van der Waals surface area contributed by atoms with E-state index in [1.54, 1.807) is 4.68 Å². The quantitative estimate of drug-likeness (QED) is 0.869. The smallest absolute Gasteiger partial charge is 0.246 e. The van der Waals surface area contributed by atoms with Crippen molar-refractivity contribution < 1.29 is 8.42 Å². The standard InChI is InChI=1S/C14H26N4O2S/c1-4-18-9-13(14(15)16-18)21(19,20)17-12-8-6-5-7-11(12)10(2)3/h9-12,17H,4-8H2,1-3H3,(H2,15,16). The Labute approximate surface area is 127 Å². The van der Waals surface area contributed by atoms with E-state index in [2.05, 4.69) is 23.7 Å². The maximum absolute atomic E-state index is 12.6. The summed E-state index contributed by atoms with van der Waals surface area (Å²) in [6.07, 6.45) is 5.72. The summed E-state index contributed by atoms with van der Waals surface area (Å²) in [5, 5.41) is 4.02. The second-order valence-electron chi connectivity index (χ2n) is 6.15. The summed E-state index contributed by atoms with van der Waals surface area (Å²) in [5.41, 5.74) is 5.75. The summed E-state index contributed by atoms with van der Waals surface area (Å²) in [7, 11) is -3.60. The van der Waals surface area contributed by atoms with E-state index in [0.29, 0.717) is 18.4 Å². The summed E-state index contributed by atoms with van der Waals surface area (Å²) in [6, 6.07) is -0.00636. The Morgan fingerprint density at radius 3 is 2.67 bits per heavy atom. The van der Waals surface area contributed by atoms with Crippen LogP contribution in [0, 0.1) is 11.8 Å². The van der Waals surface area contributed by atoms with Crippen LogP contribution in [0.25, 0.3) is 0 Å². The molecule has 0 aromatic carbocycles. The molecule has 3 N–H and O–H groups in total. The number of sulfonamides is 1. The molecule has 1 fully saturated rings. The molecule has 2 rings (SSSR count). The van der Waals surface area contributed by atoms with Crippen LogP contribution in [0.15, 0.2) is 11.1 Å². The molecular weight excluding hydrogens is 288 g/mol. The fraction of sp³-hybridized carbons (Fsp3) is 0.786. The molecule has 6 nitrogen and oxygen atoms in total. The van der Waals surface area contributed by atoms with Gasteiger partial charge in [0.15, 0.2) is 5.82 Å². The largest absolute Gasteiger partial charge is 0.381 e. The SMILES string of the molecule is CCn1cc(S(=O)(=O)NC2CCCCC2C(C)C)c(N)n1. The average molecular weight is 314 g/mol. The molecule has 1 heterocycles. The molecule has 21 heavy (non-hydrogen) atoms. The van der Waals surface area contributed by atoms with E-state index in [0.717, 1.165) is 19.3 Å². The van der Waals surface area contributed by atoms with Crippen molar-refractivity contribution in [3.05, 3.63) is 6.20 Å². The van der Waals surface area contributed by atoms with Crippen molar-refractivity contribution in [2.24, 2.45) is 11.8 Å². The average Bonchev–Trinajstić information content (AvgIpc) is 2.81. The third-order valence-electron chi connectivity index (χ3n) is 4.35. The minimum Gasteiger partial charge on any atom is -0.381 e. The third-order valence-corrected chi connectivity index (χ3v) is 5.86. The highest BCUT2D eigenvalue weighted by Crippen LogP contribution is 2.31. The topological polar surface area (TPSA) is 90.0 Å². The van der Waals surface area contributed by atoms with Crippen LogP contribution in [0.3, 0.4) is 0 Å². The van der Waals surface area contributed by atoms with Gasteiger partial charge in [-0.15, -0.1) is 0 Å². The Hall–Kier alpha value is -1.08. The maximum Gasteiger partial charge on any atom is 0.246 e. The molecule has 0 saturated heterocycles. The van der Waals surface area contributed by atoms with Gasteiger partial charge in [0.1, 0.15) is 4.90 Å². The second kappa shape index (κ2) is 6.36. The summed E-state index contributed by atoms with van der Waals surface area (Å²) in [4.78, 5) is 0.0948. The predicted molar refractivity (Wildman–Crippen MR) is 83.2 cm³/mol. The number of aromatic nitrogens is 2. The van der Waals surface area contributed by atoms with Crippen LogP contribution in [0.1, 0.15) is 46.5 Å². The Morgan fingerprint density at radius 2 is 2.10 bits per heavy atom. The molecule has 1 aromatic heterocycles. The first-order valence-corrected chi connectivity index (χ1v) is 9.18. The first kappa shape index (κ1) is 16.3. The van der Waals surface area contributed by atoms with Crippen molar-refractivity contribution >= 4 is 15.8 Å². The number of rotatable bonds is 5. The van der Waals surface area contributed by atoms with Crippen molar-refractivity contribution in [3.63, 3.8) is 0 Å². The van der Waals surface area contributed by atoms with Gasteiger partial charge >= 0.3 is 0 Å². The van der Waals surface area contributed by atoms with E-state index in [4.69, 9.17) is 5.73 Å². The van der Waals surface area contributed by atoms with Gasteiger partial charge in [-0.2, -0.15) is 5.10 Å². The van der Waals surface area contributed by atoms with Crippen LogP contribution in [0.2, 0.25) is 0 Å². The van der Waals surface area contributed by atoms with Gasteiger partial charge in [-0.3, -0.25) is 4.68 Å². The third kappa shape index (κ3) is 3.58. The first-order chi connectivity index (χ1) is 9.85. The van der Waals surface area contributed by atoms with Gasteiger partial charge in [0.05, 0.1) is 0 Å². The van der Waals surface area contributed by atoms with Crippen molar-refractivity contribution in [1.29, 1.82) is 0 Å². The van der Waals surface area contributed by atoms with Gasteiger partial charge in [-0.1, -0.05) is 26.7 Å². The summed E-state index contributed by atoms with van der Waals surface area (Å²) in [6.45, 7) is 6.80. The number of nitrogen functional groups attached to an aromatic ring is 1. The number of hydrogen-bond donors (Lipinski definition) is 2. The van der Waals surface area contributed by atoms with Gasteiger partial charge in [0.2, 0.25) is 10.0 Å². The van der Waals surface area contributed by atoms with Crippen LogP contribution in [0.5, 0.6) is 0 Å². The molecule has 2 atom stereocenters. The van der Waals surface area contributed by atoms with Crippen molar-refractivity contribution in [2.75, 3.05) is 5.73 Å². The normalized spacial score (nSPS) is 23.6. The van der Waals surface area contributed by atoms with E-state index in [1.165, 1.54) is 12.6 Å². The zero-order valence-electron chi connectivity index (χ0n) is 13.0. The highest BCUT2D eigenvalue weighted by molar-refractivity contribution is 7.89. The molecule has 120 valence electrons. The molecule has 0 bridgehead atoms. The number of nitrogens with zero attached hydrogens (tertiary/aromatic N) is 2. The Balaban J connectivity index is 2.21. The Morgan fingerprint density at radius 1 is 1.43 bits per heavy atom. The van der Waals surface area contributed by atoms with E-state index in [-0.39, 0.29) is 16.8 Å². The van der Waals surface area contributed by atoms with E-state index in [9.17, 15) is 8.42 Å². The lowest BCUT2D eigenvalue weighted by atomic mass is 9.78. The van der Waals surface area contributed by atoms with Gasteiger partial charge in [0, 0.05) is 18.8 Å². The first-order valence-electron chi connectivity index (χ1n) is 7.70. The molecule has 1 aromatic rings. The van der Waals surface area contributed by atoms with E-state index in [1.807, 2.05) is 6.92 Å². The molecule has 0 spiro atoms. The monoisotopic (exact) mass is 314 g/mol. The Kier molecular flexibility index (Phi) is 4.93. The van der Waals surface area contributed by atoms with E-state index < -0.39 is 10.0 Å². The minimum atomic E-state index is -3.60. The molecule has 2 unspecified atom stereocenters. The molecule has 1 aliphatic carbocycles. The maximum atomic E-state index is 12.6. The lowest BCUT2D eigenvalue weighted by molar-refractivity contribution is 0.226. The second-order valence-corrected chi connectivity index (χ2v) is 7.84. The molecule has 7 heteroatoms. The number of anilines is 1. The minimum absolute atomic E-state index is 0.00636. The molecule has 0 aliphatic heterocycles. The summed E-state index contributed by atoms with van der Waals surface area (Å²) in [5.74, 6) is 0.922. The van der Waals surface area contributed by atoms with Crippen LogP contribution in [-0.2, 0) is 16.6 Å². The van der Waals surface area contributed by atoms with Gasteiger partial charge in [-0.25, -0.2) is 13.1 Å². The van der Waals surface area contributed by atoms with Crippen LogP contribution >= 0.6 is 0 Å². The highest BCUT2D eigenvalue weighted by Gasteiger charge is 2.32. The lowest BCUT2D eigenvalue weighted by Crippen LogP contribution is -2.43. The van der Waals surface area contributed by atoms with Gasteiger partial charge in [-0.05, 0) is 31.6 Å². The number of aryl methyl sites for hydroxylation is 1. The zero-order valence-corrected chi connectivity index (χ0v) is 13.9. The van der Waals surface area contributed by atoms with Gasteiger partial charge < -0.3 is 5.73 Å². The molecule has 1 saturated carbocycles. The number of nitrogens with two attached hydrogens (primary N) is 1. The summed E-state index contributed by atoms with van der Waals surface area (Å²) >= 11 is 0. The number of hydrogen-bond acceptors (Lipinski definition) is 4. The molecule has 0 amide bonds. The summed E-state index contributed by atoms with van der Waals surface area (Å²) < 4.78 is 29.6. The molecular formula is C14H26N4O2S. The van der Waals surface area contributed by atoms with Crippen LogP contribution < -0.4 is 10.5 Å². The highest BCUT2D eigenvalue weighted by atomic mass is 32.2.